The third kappa shape index (κ3) is 4.04. The Kier molecular flexibility index (Phi) is 5.25. The number of aromatic nitrogens is 2. The van der Waals surface area contributed by atoms with Crippen molar-refractivity contribution in [2.75, 3.05) is 20.1 Å². The first-order valence-corrected chi connectivity index (χ1v) is 8.53. The van der Waals surface area contributed by atoms with E-state index in [2.05, 4.69) is 10.2 Å². The molecule has 3 rings (SSSR count). The van der Waals surface area contributed by atoms with Gasteiger partial charge in [-0.1, -0.05) is 12.1 Å². The number of aryl methyl sites for hydroxylation is 1. The van der Waals surface area contributed by atoms with E-state index in [4.69, 9.17) is 0 Å². The third-order valence-corrected chi connectivity index (χ3v) is 4.68. The quantitative estimate of drug-likeness (QED) is 0.838. The van der Waals surface area contributed by atoms with Gasteiger partial charge in [0.2, 0.25) is 5.91 Å². The minimum absolute atomic E-state index is 0.0252. The van der Waals surface area contributed by atoms with Gasteiger partial charge in [-0.2, -0.15) is 10.2 Å². The summed E-state index contributed by atoms with van der Waals surface area (Å²) in [5.41, 5.74) is 1.98. The predicted octanol–water partition coefficient (Wildman–Crippen LogP) is 1.84. The maximum absolute atomic E-state index is 13.0. The molecule has 1 fully saturated rings. The Morgan fingerprint density at radius 2 is 2.04 bits per heavy atom. The second-order valence-corrected chi connectivity index (χ2v) is 6.59. The number of halogens is 1. The van der Waals surface area contributed by atoms with Gasteiger partial charge in [-0.3, -0.25) is 9.59 Å². The first-order chi connectivity index (χ1) is 12.4. The highest BCUT2D eigenvalue weighted by atomic mass is 19.1. The lowest BCUT2D eigenvalue weighted by molar-refractivity contribution is -0.131. The fourth-order valence-corrected chi connectivity index (χ4v) is 3.12. The number of rotatable bonds is 4. The topological polar surface area (TPSA) is 66.4 Å². The van der Waals surface area contributed by atoms with E-state index in [9.17, 15) is 14.0 Å². The van der Waals surface area contributed by atoms with Crippen molar-refractivity contribution in [1.82, 2.24) is 20.0 Å². The number of likely N-dealkylation sites (tertiary alicyclic amines) is 1. The van der Waals surface area contributed by atoms with Crippen LogP contribution in [0.2, 0.25) is 0 Å². The first kappa shape index (κ1) is 18.0. The molecule has 6 nitrogen and oxygen atoms in total. The average molecular weight is 356 g/mol. The highest BCUT2D eigenvalue weighted by Gasteiger charge is 2.31. The van der Waals surface area contributed by atoms with E-state index in [1.54, 1.807) is 42.0 Å². The summed E-state index contributed by atoms with van der Waals surface area (Å²) in [6.45, 7) is 2.88. The number of carbonyl (C=O) groups is 2. The van der Waals surface area contributed by atoms with Crippen LogP contribution in [0.25, 0.3) is 0 Å². The molecule has 1 aliphatic rings. The standard InChI is InChI=1S/C19H21FN4O2/c1-13-9-15(11-21-22-13)19(26)24-8-7-17(12-24)23(2)18(25)10-14-3-5-16(20)6-4-14/h3-6,9,11,17H,7-8,10,12H2,1-2H3. The maximum Gasteiger partial charge on any atom is 0.255 e. The largest absolute Gasteiger partial charge is 0.341 e. The summed E-state index contributed by atoms with van der Waals surface area (Å²) in [7, 11) is 1.75. The smallest absolute Gasteiger partial charge is 0.255 e. The van der Waals surface area contributed by atoms with Crippen molar-refractivity contribution in [1.29, 1.82) is 0 Å². The van der Waals surface area contributed by atoms with Gasteiger partial charge in [0.05, 0.1) is 29.9 Å². The van der Waals surface area contributed by atoms with E-state index in [0.717, 1.165) is 12.0 Å². The molecule has 0 aliphatic carbocycles. The van der Waals surface area contributed by atoms with Crippen molar-refractivity contribution in [3.63, 3.8) is 0 Å². The Morgan fingerprint density at radius 1 is 1.31 bits per heavy atom. The van der Waals surface area contributed by atoms with Gasteiger partial charge in [-0.15, -0.1) is 0 Å². The van der Waals surface area contributed by atoms with E-state index in [-0.39, 0.29) is 30.1 Å². The highest BCUT2D eigenvalue weighted by molar-refractivity contribution is 5.94. The molecule has 136 valence electrons. The molecule has 2 amide bonds. The highest BCUT2D eigenvalue weighted by Crippen LogP contribution is 2.18. The van der Waals surface area contributed by atoms with Gasteiger partial charge >= 0.3 is 0 Å². The van der Waals surface area contributed by atoms with E-state index >= 15 is 0 Å². The fourth-order valence-electron chi connectivity index (χ4n) is 3.12. The Balaban J connectivity index is 1.59. The molecule has 7 heteroatoms. The lowest BCUT2D eigenvalue weighted by atomic mass is 10.1. The number of carbonyl (C=O) groups excluding carboxylic acids is 2. The van der Waals surface area contributed by atoms with E-state index in [1.165, 1.54) is 18.3 Å². The van der Waals surface area contributed by atoms with Gasteiger partial charge in [-0.05, 0) is 37.1 Å². The number of amides is 2. The molecular formula is C19H21FN4O2. The van der Waals surface area contributed by atoms with E-state index < -0.39 is 0 Å². The lowest BCUT2D eigenvalue weighted by Gasteiger charge is -2.25. The van der Waals surface area contributed by atoms with Crippen LogP contribution < -0.4 is 0 Å². The van der Waals surface area contributed by atoms with Crippen molar-refractivity contribution in [2.45, 2.75) is 25.8 Å². The Bertz CT molecular complexity index is 809. The van der Waals surface area contributed by atoms with Crippen LogP contribution in [-0.4, -0.2) is 58.0 Å². The molecular weight excluding hydrogens is 335 g/mol. The van der Waals surface area contributed by atoms with Gasteiger partial charge in [0, 0.05) is 20.1 Å². The third-order valence-electron chi connectivity index (χ3n) is 4.68. The van der Waals surface area contributed by atoms with Crippen molar-refractivity contribution in [2.24, 2.45) is 0 Å². The normalized spacial score (nSPS) is 16.6. The molecule has 1 unspecified atom stereocenters. The molecule has 26 heavy (non-hydrogen) atoms. The summed E-state index contributed by atoms with van der Waals surface area (Å²) in [6.07, 6.45) is 2.41. The molecule has 0 N–H and O–H groups in total. The molecule has 2 aromatic rings. The zero-order chi connectivity index (χ0) is 18.7. The summed E-state index contributed by atoms with van der Waals surface area (Å²) in [5.74, 6) is -0.456. The second-order valence-electron chi connectivity index (χ2n) is 6.59. The van der Waals surface area contributed by atoms with Crippen LogP contribution in [0.5, 0.6) is 0 Å². The average Bonchev–Trinajstić information content (AvgIpc) is 3.12. The van der Waals surface area contributed by atoms with Gasteiger partial charge in [0.25, 0.3) is 5.91 Å². The van der Waals surface area contributed by atoms with Crippen LogP contribution in [0.15, 0.2) is 36.5 Å². The zero-order valence-electron chi connectivity index (χ0n) is 14.9. The summed E-state index contributed by atoms with van der Waals surface area (Å²) in [4.78, 5) is 28.5. The van der Waals surface area contributed by atoms with Crippen LogP contribution in [0.1, 0.15) is 28.0 Å². The van der Waals surface area contributed by atoms with Gasteiger partial charge in [-0.25, -0.2) is 4.39 Å². The number of benzene rings is 1. The van der Waals surface area contributed by atoms with Gasteiger partial charge in [0.1, 0.15) is 5.82 Å². The minimum atomic E-state index is -0.319. The number of hydrogen-bond acceptors (Lipinski definition) is 4. The van der Waals surface area contributed by atoms with Crippen LogP contribution >= 0.6 is 0 Å². The van der Waals surface area contributed by atoms with Crippen LogP contribution in [0.4, 0.5) is 4.39 Å². The van der Waals surface area contributed by atoms with E-state index in [1.807, 2.05) is 0 Å². The Hall–Kier alpha value is -2.83. The molecule has 0 radical (unpaired) electrons. The molecule has 1 atom stereocenters. The van der Waals surface area contributed by atoms with Crippen molar-refractivity contribution < 1.29 is 14.0 Å². The number of nitrogens with zero attached hydrogens (tertiary/aromatic N) is 4. The summed E-state index contributed by atoms with van der Waals surface area (Å²) in [5, 5.41) is 7.69. The second kappa shape index (κ2) is 7.59. The molecule has 0 spiro atoms. The van der Waals surface area contributed by atoms with Crippen molar-refractivity contribution in [3.05, 3.63) is 59.2 Å². The molecule has 0 saturated carbocycles. The fraction of sp³-hybridized carbons (Fsp3) is 0.368. The van der Waals surface area contributed by atoms with E-state index in [0.29, 0.717) is 24.3 Å². The van der Waals surface area contributed by atoms with Crippen LogP contribution in [0, 0.1) is 12.7 Å². The lowest BCUT2D eigenvalue weighted by Crippen LogP contribution is -2.40. The zero-order valence-corrected chi connectivity index (χ0v) is 14.9. The molecule has 1 aliphatic heterocycles. The van der Waals surface area contributed by atoms with Crippen molar-refractivity contribution in [3.8, 4) is 0 Å². The van der Waals surface area contributed by atoms with Gasteiger partial charge in [0.15, 0.2) is 0 Å². The van der Waals surface area contributed by atoms with Crippen LogP contribution in [-0.2, 0) is 11.2 Å². The predicted molar refractivity (Wildman–Crippen MR) is 94.0 cm³/mol. The molecule has 2 heterocycles. The summed E-state index contributed by atoms with van der Waals surface area (Å²) < 4.78 is 13.0. The summed E-state index contributed by atoms with van der Waals surface area (Å²) >= 11 is 0. The first-order valence-electron chi connectivity index (χ1n) is 8.53. The Morgan fingerprint density at radius 3 is 2.73 bits per heavy atom. The molecule has 1 aromatic carbocycles. The van der Waals surface area contributed by atoms with Gasteiger partial charge < -0.3 is 9.80 Å². The molecule has 1 aromatic heterocycles. The van der Waals surface area contributed by atoms with Crippen LogP contribution in [0.3, 0.4) is 0 Å². The SMILES string of the molecule is Cc1cc(C(=O)N2CCC(N(C)C(=O)Cc3ccc(F)cc3)C2)cnn1. The number of hydrogen-bond donors (Lipinski definition) is 0. The molecule has 1 saturated heterocycles. The Labute approximate surface area is 151 Å². The molecule has 0 bridgehead atoms. The summed E-state index contributed by atoms with van der Waals surface area (Å²) in [6, 6.07) is 7.62. The monoisotopic (exact) mass is 356 g/mol. The maximum atomic E-state index is 13.0. The minimum Gasteiger partial charge on any atom is -0.341 e. The number of likely N-dealkylation sites (N-methyl/N-ethyl adjacent to an activating group) is 1. The van der Waals surface area contributed by atoms with Crippen molar-refractivity contribution >= 4 is 11.8 Å².